The van der Waals surface area contributed by atoms with E-state index >= 15 is 0 Å². The lowest BCUT2D eigenvalue weighted by Crippen LogP contribution is -2.22. The Hall–Kier alpha value is -1.78. The summed E-state index contributed by atoms with van der Waals surface area (Å²) in [4.78, 5) is 21.4. The van der Waals surface area contributed by atoms with Gasteiger partial charge in [0.05, 0.1) is 5.57 Å². The summed E-state index contributed by atoms with van der Waals surface area (Å²) in [5, 5.41) is 26.9. The fourth-order valence-corrected chi connectivity index (χ4v) is 1.15. The van der Waals surface area contributed by atoms with Crippen LogP contribution in [-0.4, -0.2) is 27.3 Å². The number of aliphatic hydroxyl groups excluding tert-OH is 1. The molecule has 0 aliphatic carbocycles. The highest BCUT2D eigenvalue weighted by molar-refractivity contribution is 5.94. The van der Waals surface area contributed by atoms with Gasteiger partial charge in [0.15, 0.2) is 0 Å². The van der Waals surface area contributed by atoms with Gasteiger partial charge in [0.1, 0.15) is 11.7 Å². The van der Waals surface area contributed by atoms with Crippen LogP contribution in [0.25, 0.3) is 0 Å². The fraction of sp³-hybridized carbons (Fsp3) is 0.455. The summed E-state index contributed by atoms with van der Waals surface area (Å²) < 4.78 is 0. The van der Waals surface area contributed by atoms with E-state index in [0.29, 0.717) is 6.42 Å². The molecule has 0 spiro atoms. The van der Waals surface area contributed by atoms with Gasteiger partial charge in [-0.3, -0.25) is 4.79 Å². The molecule has 5 nitrogen and oxygen atoms in total. The first-order valence-corrected chi connectivity index (χ1v) is 4.95. The molecule has 90 valence electrons. The van der Waals surface area contributed by atoms with Crippen molar-refractivity contribution < 1.29 is 24.9 Å². The van der Waals surface area contributed by atoms with Crippen molar-refractivity contribution in [3.63, 3.8) is 0 Å². The molecule has 0 aliphatic rings. The molecule has 0 aromatic rings. The van der Waals surface area contributed by atoms with Crippen LogP contribution in [-0.2, 0) is 9.59 Å². The van der Waals surface area contributed by atoms with Crippen LogP contribution in [0, 0.1) is 5.92 Å². The minimum absolute atomic E-state index is 0.464. The van der Waals surface area contributed by atoms with E-state index < -0.39 is 29.2 Å². The number of carbonyl (C=O) groups is 2. The van der Waals surface area contributed by atoms with Gasteiger partial charge in [-0.25, -0.2) is 4.79 Å². The highest BCUT2D eigenvalue weighted by Crippen LogP contribution is 2.19. The van der Waals surface area contributed by atoms with Crippen molar-refractivity contribution in [2.75, 3.05) is 0 Å². The molecule has 0 aromatic heterocycles. The lowest BCUT2D eigenvalue weighted by atomic mass is 9.97. The van der Waals surface area contributed by atoms with Crippen LogP contribution in [0.3, 0.4) is 0 Å². The molecular formula is C11H16O5. The molecule has 5 heteroatoms. The van der Waals surface area contributed by atoms with Gasteiger partial charge < -0.3 is 15.3 Å². The molecule has 0 bridgehead atoms. The van der Waals surface area contributed by atoms with Crippen molar-refractivity contribution in [1.29, 1.82) is 0 Å². The zero-order valence-electron chi connectivity index (χ0n) is 9.14. The molecule has 0 saturated carbocycles. The maximum atomic E-state index is 10.8. The number of hydrogen-bond acceptors (Lipinski definition) is 3. The minimum Gasteiger partial charge on any atom is -0.511 e. The van der Waals surface area contributed by atoms with Crippen molar-refractivity contribution in [3.8, 4) is 0 Å². The molecule has 1 atom stereocenters. The third-order valence-corrected chi connectivity index (χ3v) is 2.08. The summed E-state index contributed by atoms with van der Waals surface area (Å²) in [6.07, 6.45) is 3.55. The smallest absolute Gasteiger partial charge is 0.332 e. The number of allylic oxidation sites excluding steroid dienone is 1. The van der Waals surface area contributed by atoms with Gasteiger partial charge in [-0.15, -0.1) is 0 Å². The number of hydrogen-bond donors (Lipinski definition) is 3. The molecule has 0 aliphatic heterocycles. The second-order valence-corrected chi connectivity index (χ2v) is 3.37. The van der Waals surface area contributed by atoms with Crippen LogP contribution >= 0.6 is 0 Å². The first kappa shape index (κ1) is 14.2. The normalized spacial score (nSPS) is 13.2. The topological polar surface area (TPSA) is 94.8 Å². The molecule has 1 unspecified atom stereocenters. The average molecular weight is 228 g/mol. The number of unbranched alkanes of at least 4 members (excludes halogenated alkanes) is 2. The fourth-order valence-electron chi connectivity index (χ4n) is 1.15. The highest BCUT2D eigenvalue weighted by atomic mass is 16.4. The van der Waals surface area contributed by atoms with Crippen molar-refractivity contribution in [1.82, 2.24) is 0 Å². The Kier molecular flexibility index (Phi) is 5.92. The van der Waals surface area contributed by atoms with Gasteiger partial charge in [-0.1, -0.05) is 19.9 Å². The zero-order chi connectivity index (χ0) is 12.7. The van der Waals surface area contributed by atoms with Crippen molar-refractivity contribution >= 4 is 11.9 Å². The molecule has 3 N–H and O–H groups in total. The van der Waals surface area contributed by atoms with E-state index in [2.05, 4.69) is 6.58 Å². The number of aliphatic hydroxyl groups is 1. The maximum Gasteiger partial charge on any atom is 0.332 e. The van der Waals surface area contributed by atoms with E-state index in [1.54, 1.807) is 0 Å². The van der Waals surface area contributed by atoms with Crippen LogP contribution in [0.5, 0.6) is 0 Å². The van der Waals surface area contributed by atoms with E-state index in [9.17, 15) is 14.7 Å². The van der Waals surface area contributed by atoms with E-state index in [1.165, 1.54) is 6.08 Å². The number of aliphatic carboxylic acids is 2. The van der Waals surface area contributed by atoms with Gasteiger partial charge >= 0.3 is 11.9 Å². The number of carboxylic acid groups (broad SMARTS) is 2. The number of rotatable bonds is 7. The van der Waals surface area contributed by atoms with E-state index in [-0.39, 0.29) is 0 Å². The molecule has 0 saturated heterocycles. The molecule has 0 fully saturated rings. The monoisotopic (exact) mass is 228 g/mol. The Morgan fingerprint density at radius 2 is 1.88 bits per heavy atom. The molecule has 0 amide bonds. The van der Waals surface area contributed by atoms with E-state index in [4.69, 9.17) is 10.2 Å². The molecule has 0 rings (SSSR count). The summed E-state index contributed by atoms with van der Waals surface area (Å²) in [6.45, 7) is 5.10. The van der Waals surface area contributed by atoms with E-state index in [0.717, 1.165) is 12.8 Å². The quantitative estimate of drug-likeness (QED) is 0.351. The summed E-state index contributed by atoms with van der Waals surface area (Å²) in [6, 6.07) is 0. The molecule has 0 aromatic carbocycles. The second kappa shape index (κ2) is 6.66. The highest BCUT2D eigenvalue weighted by Gasteiger charge is 2.29. The van der Waals surface area contributed by atoms with Crippen molar-refractivity contribution in [2.45, 2.75) is 26.2 Å². The molecule has 0 heterocycles. The SMILES string of the molecule is C=C(C(=O)O)C(C(=O)O)C(O)=CCCCC. The third-order valence-electron chi connectivity index (χ3n) is 2.08. The first-order valence-electron chi connectivity index (χ1n) is 4.95. The molecule has 0 radical (unpaired) electrons. The predicted molar refractivity (Wildman–Crippen MR) is 58.1 cm³/mol. The summed E-state index contributed by atoms with van der Waals surface area (Å²) in [7, 11) is 0. The lowest BCUT2D eigenvalue weighted by Gasteiger charge is -2.11. The summed E-state index contributed by atoms with van der Waals surface area (Å²) >= 11 is 0. The first-order chi connectivity index (χ1) is 7.41. The zero-order valence-corrected chi connectivity index (χ0v) is 9.14. The maximum absolute atomic E-state index is 10.8. The Morgan fingerprint density at radius 3 is 2.25 bits per heavy atom. The van der Waals surface area contributed by atoms with Crippen LogP contribution in [0.15, 0.2) is 24.0 Å². The Labute approximate surface area is 93.7 Å². The predicted octanol–water partition coefficient (Wildman–Crippen LogP) is 1.96. The van der Waals surface area contributed by atoms with Gasteiger partial charge in [0, 0.05) is 0 Å². The number of carboxylic acids is 2. The van der Waals surface area contributed by atoms with Crippen molar-refractivity contribution in [3.05, 3.63) is 24.0 Å². The van der Waals surface area contributed by atoms with Crippen LogP contribution in [0.2, 0.25) is 0 Å². The summed E-state index contributed by atoms with van der Waals surface area (Å²) in [5.41, 5.74) is -0.544. The summed E-state index contributed by atoms with van der Waals surface area (Å²) in [5.74, 6) is -4.87. The Morgan fingerprint density at radius 1 is 1.31 bits per heavy atom. The van der Waals surface area contributed by atoms with Crippen molar-refractivity contribution in [2.24, 2.45) is 5.92 Å². The minimum atomic E-state index is -1.56. The largest absolute Gasteiger partial charge is 0.511 e. The standard InChI is InChI=1S/C11H16O5/c1-3-4-5-6-8(12)9(11(15)16)7(2)10(13)14/h6,9,12H,2-5H2,1H3,(H,13,14)(H,15,16). The van der Waals surface area contributed by atoms with Crippen LogP contribution < -0.4 is 0 Å². The molecular weight excluding hydrogens is 212 g/mol. The van der Waals surface area contributed by atoms with E-state index in [1.807, 2.05) is 6.92 Å². The molecule has 16 heavy (non-hydrogen) atoms. The lowest BCUT2D eigenvalue weighted by molar-refractivity contribution is -0.143. The van der Waals surface area contributed by atoms with Gasteiger partial charge in [-0.2, -0.15) is 0 Å². The Bertz CT molecular complexity index is 316. The van der Waals surface area contributed by atoms with Gasteiger partial charge in [0.2, 0.25) is 0 Å². The van der Waals surface area contributed by atoms with Gasteiger partial charge in [-0.05, 0) is 18.9 Å². The van der Waals surface area contributed by atoms with Gasteiger partial charge in [0.25, 0.3) is 0 Å². The Balaban J connectivity index is 4.79. The third kappa shape index (κ3) is 4.16. The van der Waals surface area contributed by atoms with Crippen LogP contribution in [0.4, 0.5) is 0 Å². The average Bonchev–Trinajstić information content (AvgIpc) is 2.17. The second-order valence-electron chi connectivity index (χ2n) is 3.37. The van der Waals surface area contributed by atoms with Crippen LogP contribution in [0.1, 0.15) is 26.2 Å².